The van der Waals surface area contributed by atoms with Crippen molar-refractivity contribution in [2.75, 3.05) is 5.06 Å². The highest BCUT2D eigenvalue weighted by Gasteiger charge is 2.34. The average Bonchev–Trinajstić information content (AvgIpc) is 2.42. The first-order valence-electron chi connectivity index (χ1n) is 6.74. The van der Waals surface area contributed by atoms with Gasteiger partial charge in [-0.15, -0.1) is 0 Å². The number of ether oxygens (including phenoxy) is 1. The van der Waals surface area contributed by atoms with Crippen LogP contribution in [-0.2, 0) is 16.0 Å². The molecule has 0 radical (unpaired) electrons. The van der Waals surface area contributed by atoms with Crippen molar-refractivity contribution in [3.8, 4) is 0 Å². The van der Waals surface area contributed by atoms with Crippen molar-refractivity contribution in [1.29, 1.82) is 0 Å². The summed E-state index contributed by atoms with van der Waals surface area (Å²) < 4.78 is 5.11. The minimum Gasteiger partial charge on any atom is -0.444 e. The minimum absolute atomic E-state index is 0.225. The molecule has 7 nitrogen and oxygen atoms in total. The van der Waals surface area contributed by atoms with Crippen molar-refractivity contribution < 1.29 is 19.5 Å². The van der Waals surface area contributed by atoms with Crippen LogP contribution in [0.15, 0.2) is 18.2 Å². The Balaban J connectivity index is 2.18. The van der Waals surface area contributed by atoms with Crippen LogP contribution < -0.4 is 10.4 Å². The third-order valence-electron chi connectivity index (χ3n) is 3.05. The molecule has 0 aliphatic carbocycles. The van der Waals surface area contributed by atoms with Gasteiger partial charge in [-0.2, -0.15) is 5.06 Å². The number of amides is 2. The molecule has 1 aromatic carbocycles. The lowest BCUT2D eigenvalue weighted by Crippen LogP contribution is -2.52. The number of anilines is 1. The highest BCUT2D eigenvalue weighted by Crippen LogP contribution is 2.30. The number of hydrogen-bond donors (Lipinski definition) is 2. The molecule has 0 aromatic heterocycles. The second kappa shape index (κ2) is 5.66. The van der Waals surface area contributed by atoms with Crippen LogP contribution in [0, 0.1) is 6.57 Å². The fourth-order valence-electron chi connectivity index (χ4n) is 2.13. The van der Waals surface area contributed by atoms with E-state index < -0.39 is 23.6 Å². The Bertz CT molecular complexity index is 658. The van der Waals surface area contributed by atoms with E-state index in [0.717, 1.165) is 0 Å². The molecule has 0 saturated heterocycles. The molecule has 2 N–H and O–H groups in total. The van der Waals surface area contributed by atoms with E-state index in [1.807, 2.05) is 0 Å². The van der Waals surface area contributed by atoms with Crippen LogP contribution in [0.25, 0.3) is 4.85 Å². The maximum atomic E-state index is 12.1. The van der Waals surface area contributed by atoms with Crippen LogP contribution in [0.4, 0.5) is 16.2 Å². The van der Waals surface area contributed by atoms with Crippen molar-refractivity contribution >= 4 is 23.4 Å². The van der Waals surface area contributed by atoms with E-state index in [0.29, 0.717) is 16.3 Å². The monoisotopic (exact) mass is 303 g/mol. The topological polar surface area (TPSA) is 83.2 Å². The first-order chi connectivity index (χ1) is 10.2. The van der Waals surface area contributed by atoms with Crippen LogP contribution in [0.2, 0.25) is 0 Å². The number of hydrogen-bond acceptors (Lipinski definition) is 4. The highest BCUT2D eigenvalue weighted by molar-refractivity contribution is 6.00. The van der Waals surface area contributed by atoms with Crippen LogP contribution in [0.3, 0.4) is 0 Å². The van der Waals surface area contributed by atoms with Gasteiger partial charge in [0, 0.05) is 6.42 Å². The number of fused-ring (bicyclic) bond motifs is 1. The largest absolute Gasteiger partial charge is 0.444 e. The molecule has 0 saturated carbocycles. The summed E-state index contributed by atoms with van der Waals surface area (Å²) in [5.41, 5.74) is 0.573. The number of carbonyl (C=O) groups is 2. The minimum atomic E-state index is -0.911. The van der Waals surface area contributed by atoms with Crippen LogP contribution in [0.5, 0.6) is 0 Å². The van der Waals surface area contributed by atoms with Gasteiger partial charge in [0.2, 0.25) is 0 Å². The normalized spacial score (nSPS) is 17.5. The van der Waals surface area contributed by atoms with E-state index in [9.17, 15) is 14.8 Å². The molecule has 0 unspecified atom stereocenters. The molecule has 7 heteroatoms. The third kappa shape index (κ3) is 3.35. The van der Waals surface area contributed by atoms with E-state index >= 15 is 0 Å². The molecule has 1 atom stereocenters. The summed E-state index contributed by atoms with van der Waals surface area (Å²) in [5, 5.41) is 12.9. The third-order valence-corrected chi connectivity index (χ3v) is 3.05. The zero-order valence-corrected chi connectivity index (χ0v) is 12.6. The van der Waals surface area contributed by atoms with E-state index in [4.69, 9.17) is 11.3 Å². The summed E-state index contributed by atoms with van der Waals surface area (Å²) in [6.07, 6.45) is -0.497. The number of benzene rings is 1. The maximum Gasteiger partial charge on any atom is 0.408 e. The first kappa shape index (κ1) is 15.8. The maximum absolute atomic E-state index is 12.1. The molecule has 0 fully saturated rings. The summed E-state index contributed by atoms with van der Waals surface area (Å²) in [6, 6.07) is 3.78. The number of alkyl carbamates (subject to hydrolysis) is 1. The van der Waals surface area contributed by atoms with Crippen molar-refractivity contribution in [1.82, 2.24) is 5.32 Å². The number of carbonyl (C=O) groups excluding carboxylic acids is 2. The van der Waals surface area contributed by atoms with Gasteiger partial charge in [0.05, 0.1) is 12.3 Å². The Hall–Kier alpha value is -2.59. The zero-order chi connectivity index (χ0) is 16.5. The van der Waals surface area contributed by atoms with Crippen LogP contribution in [0.1, 0.15) is 26.3 Å². The Morgan fingerprint density at radius 1 is 1.50 bits per heavy atom. The SMILES string of the molecule is [C-]#[N+]c1ccc2c(c1)N(O)C(=O)[C@@H](NC(=O)OC(C)(C)C)C2. The van der Waals surface area contributed by atoms with E-state index in [2.05, 4.69) is 10.2 Å². The van der Waals surface area contributed by atoms with Gasteiger partial charge in [0.1, 0.15) is 11.6 Å². The Kier molecular flexibility index (Phi) is 4.06. The molecule has 1 aliphatic heterocycles. The summed E-state index contributed by atoms with van der Waals surface area (Å²) >= 11 is 0. The zero-order valence-electron chi connectivity index (χ0n) is 12.6. The Labute approximate surface area is 128 Å². The van der Waals surface area contributed by atoms with Gasteiger partial charge in [-0.05, 0) is 32.4 Å². The first-order valence-corrected chi connectivity index (χ1v) is 6.74. The van der Waals surface area contributed by atoms with Gasteiger partial charge in [-0.3, -0.25) is 10.0 Å². The van der Waals surface area contributed by atoms with Crippen molar-refractivity contribution in [2.45, 2.75) is 38.8 Å². The van der Waals surface area contributed by atoms with Gasteiger partial charge in [0.25, 0.3) is 5.91 Å². The van der Waals surface area contributed by atoms with Gasteiger partial charge in [-0.25, -0.2) is 9.64 Å². The van der Waals surface area contributed by atoms with Crippen molar-refractivity contribution in [2.24, 2.45) is 0 Å². The lowest BCUT2D eigenvalue weighted by molar-refractivity contribution is -0.126. The lowest BCUT2D eigenvalue weighted by Gasteiger charge is -2.31. The molecular formula is C15H17N3O4. The Morgan fingerprint density at radius 3 is 2.77 bits per heavy atom. The van der Waals surface area contributed by atoms with E-state index in [1.165, 1.54) is 6.07 Å². The van der Waals surface area contributed by atoms with Crippen LogP contribution >= 0.6 is 0 Å². The van der Waals surface area contributed by atoms with E-state index in [1.54, 1.807) is 32.9 Å². The number of nitrogens with zero attached hydrogens (tertiary/aromatic N) is 2. The van der Waals surface area contributed by atoms with Gasteiger partial charge in [-0.1, -0.05) is 12.1 Å². The predicted molar refractivity (Wildman–Crippen MR) is 78.8 cm³/mol. The summed E-state index contributed by atoms with van der Waals surface area (Å²) in [4.78, 5) is 27.1. The molecular weight excluding hydrogens is 286 g/mol. The molecule has 1 aromatic rings. The molecule has 116 valence electrons. The van der Waals surface area contributed by atoms with Gasteiger partial charge < -0.3 is 10.1 Å². The molecule has 0 spiro atoms. The lowest BCUT2D eigenvalue weighted by atomic mass is 9.98. The van der Waals surface area contributed by atoms with Gasteiger partial charge >= 0.3 is 6.09 Å². The fourth-order valence-corrected chi connectivity index (χ4v) is 2.13. The predicted octanol–water partition coefficient (Wildman–Crippen LogP) is 2.41. The molecule has 1 heterocycles. The second-order valence-corrected chi connectivity index (χ2v) is 5.98. The number of hydroxylamine groups is 1. The number of nitrogens with one attached hydrogen (secondary N) is 1. The average molecular weight is 303 g/mol. The highest BCUT2D eigenvalue weighted by atomic mass is 16.6. The second-order valence-electron chi connectivity index (χ2n) is 5.98. The summed E-state index contributed by atoms with van der Waals surface area (Å²) in [6.45, 7) is 12.1. The summed E-state index contributed by atoms with van der Waals surface area (Å²) in [5.74, 6) is -0.666. The van der Waals surface area contributed by atoms with E-state index in [-0.39, 0.29) is 12.1 Å². The molecule has 2 rings (SSSR count). The molecule has 22 heavy (non-hydrogen) atoms. The molecule has 0 bridgehead atoms. The number of rotatable bonds is 1. The fraction of sp³-hybridized carbons (Fsp3) is 0.400. The molecule has 1 aliphatic rings. The smallest absolute Gasteiger partial charge is 0.408 e. The summed E-state index contributed by atoms with van der Waals surface area (Å²) in [7, 11) is 0. The van der Waals surface area contributed by atoms with Crippen LogP contribution in [-0.4, -0.2) is 28.9 Å². The molecule has 2 amide bonds. The Morgan fingerprint density at radius 2 is 2.18 bits per heavy atom. The quantitative estimate of drug-likeness (QED) is 0.616. The standard InChI is InChI=1S/C15H17N3O4/c1-15(2,3)22-14(20)17-11-7-9-5-6-10(16-4)8-12(9)18(21)13(11)19/h5-6,8,11,21H,7H2,1-3H3,(H,17,20)/t11-/m0/s1. The van der Waals surface area contributed by atoms with Crippen molar-refractivity contribution in [3.05, 3.63) is 35.2 Å². The van der Waals surface area contributed by atoms with Gasteiger partial charge in [0.15, 0.2) is 5.69 Å². The van der Waals surface area contributed by atoms with Crippen molar-refractivity contribution in [3.63, 3.8) is 0 Å².